The van der Waals surface area contributed by atoms with Crippen molar-refractivity contribution >= 4 is 18.2 Å². The molecule has 2 fully saturated rings. The fraction of sp³-hybridized carbons (Fsp3) is 0.438. The zero-order valence-corrected chi connectivity index (χ0v) is 12.9. The fourth-order valence-corrected chi connectivity index (χ4v) is 3.06. The van der Waals surface area contributed by atoms with Crippen LogP contribution in [0.3, 0.4) is 0 Å². The Morgan fingerprint density at radius 3 is 2.46 bits per heavy atom. The number of urea groups is 1. The molecule has 0 bridgehead atoms. The van der Waals surface area contributed by atoms with E-state index in [2.05, 4.69) is 15.2 Å². The van der Waals surface area contributed by atoms with Gasteiger partial charge in [-0.05, 0) is 42.7 Å². The molecular formula is C16H17F2N3O3. The van der Waals surface area contributed by atoms with Crippen LogP contribution in [0.5, 0.6) is 5.75 Å². The highest BCUT2D eigenvalue weighted by Gasteiger charge is 2.51. The van der Waals surface area contributed by atoms with Crippen LogP contribution < -0.4 is 10.1 Å². The Morgan fingerprint density at radius 2 is 1.83 bits per heavy atom. The zero-order valence-electron chi connectivity index (χ0n) is 12.9. The summed E-state index contributed by atoms with van der Waals surface area (Å²) in [5.41, 5.74) is -0.261. The molecule has 8 heteroatoms. The number of alkyl halides is 2. The van der Waals surface area contributed by atoms with Gasteiger partial charge in [0.25, 0.3) is 5.91 Å². The lowest BCUT2D eigenvalue weighted by Crippen LogP contribution is -2.48. The van der Waals surface area contributed by atoms with Crippen LogP contribution in [0.15, 0.2) is 29.4 Å². The molecule has 128 valence electrons. The molecule has 3 amide bonds. The van der Waals surface area contributed by atoms with E-state index in [1.54, 1.807) is 0 Å². The first-order valence-electron chi connectivity index (χ1n) is 7.76. The summed E-state index contributed by atoms with van der Waals surface area (Å²) in [5.74, 6) is -0.306. The van der Waals surface area contributed by atoms with Crippen molar-refractivity contribution < 1.29 is 23.1 Å². The molecule has 1 aromatic carbocycles. The summed E-state index contributed by atoms with van der Waals surface area (Å²) < 4.78 is 28.4. The fourth-order valence-electron chi connectivity index (χ4n) is 3.06. The van der Waals surface area contributed by atoms with Crippen molar-refractivity contribution in [3.63, 3.8) is 0 Å². The van der Waals surface area contributed by atoms with Crippen molar-refractivity contribution in [1.82, 2.24) is 10.3 Å². The van der Waals surface area contributed by atoms with Crippen LogP contribution in [0.1, 0.15) is 37.7 Å². The molecule has 3 rings (SSSR count). The van der Waals surface area contributed by atoms with Crippen molar-refractivity contribution in [2.24, 2.45) is 5.10 Å². The summed E-state index contributed by atoms with van der Waals surface area (Å²) in [7, 11) is 0. The SMILES string of the molecule is O=C1NC2(CCCCC2)C(=O)N1N=Cc1ccc(OC(F)F)cc1. The van der Waals surface area contributed by atoms with E-state index in [1.165, 1.54) is 30.5 Å². The average Bonchev–Trinajstić information content (AvgIpc) is 2.77. The Bertz CT molecular complexity index is 655. The minimum Gasteiger partial charge on any atom is -0.435 e. The minimum absolute atomic E-state index is 0.0262. The number of carbonyl (C=O) groups excluding carboxylic acids is 2. The third kappa shape index (κ3) is 3.22. The second-order valence-corrected chi connectivity index (χ2v) is 5.88. The summed E-state index contributed by atoms with van der Waals surface area (Å²) in [5, 5.41) is 7.55. The Balaban J connectivity index is 1.70. The first-order chi connectivity index (χ1) is 11.5. The number of halogens is 2. The molecule has 0 aromatic heterocycles. The summed E-state index contributed by atoms with van der Waals surface area (Å²) in [4.78, 5) is 24.5. The predicted octanol–water partition coefficient (Wildman–Crippen LogP) is 2.88. The number of nitrogens with one attached hydrogen (secondary N) is 1. The zero-order chi connectivity index (χ0) is 17.2. The van der Waals surface area contributed by atoms with E-state index in [0.29, 0.717) is 18.4 Å². The molecule has 1 aliphatic carbocycles. The molecule has 0 unspecified atom stereocenters. The Kier molecular flexibility index (Phi) is 4.46. The number of nitrogens with zero attached hydrogens (tertiary/aromatic N) is 2. The number of hydrazone groups is 1. The second kappa shape index (κ2) is 6.54. The molecule has 1 aromatic rings. The highest BCUT2D eigenvalue weighted by atomic mass is 19.3. The molecule has 1 saturated heterocycles. The number of amides is 3. The van der Waals surface area contributed by atoms with Crippen LogP contribution in [0.2, 0.25) is 0 Å². The van der Waals surface area contributed by atoms with Crippen molar-refractivity contribution in [3.8, 4) is 5.75 Å². The van der Waals surface area contributed by atoms with Crippen LogP contribution in [0.25, 0.3) is 0 Å². The van der Waals surface area contributed by atoms with Gasteiger partial charge in [-0.15, -0.1) is 5.01 Å². The van der Waals surface area contributed by atoms with E-state index in [1.807, 2.05) is 0 Å². The van der Waals surface area contributed by atoms with E-state index < -0.39 is 18.2 Å². The number of rotatable bonds is 4. The molecule has 6 nitrogen and oxygen atoms in total. The number of hydrogen-bond acceptors (Lipinski definition) is 4. The molecule has 2 aliphatic rings. The third-order valence-corrected chi connectivity index (χ3v) is 4.27. The number of carbonyl (C=O) groups is 2. The highest BCUT2D eigenvalue weighted by molar-refractivity contribution is 6.07. The van der Waals surface area contributed by atoms with Crippen molar-refractivity contribution in [2.45, 2.75) is 44.3 Å². The van der Waals surface area contributed by atoms with Gasteiger partial charge in [-0.3, -0.25) is 4.79 Å². The summed E-state index contributed by atoms with van der Waals surface area (Å²) in [6, 6.07) is 5.21. The molecule has 1 N–H and O–H groups in total. The Labute approximate surface area is 137 Å². The van der Waals surface area contributed by atoms with Gasteiger partial charge in [-0.1, -0.05) is 19.3 Å². The monoisotopic (exact) mass is 337 g/mol. The maximum atomic E-state index is 12.5. The number of ether oxygens (including phenoxy) is 1. The van der Waals surface area contributed by atoms with Gasteiger partial charge in [-0.25, -0.2) is 4.79 Å². The maximum Gasteiger partial charge on any atom is 0.387 e. The molecule has 1 aliphatic heterocycles. The first-order valence-corrected chi connectivity index (χ1v) is 7.76. The summed E-state index contributed by atoms with van der Waals surface area (Å²) in [6.45, 7) is -2.89. The van der Waals surface area contributed by atoms with Gasteiger partial charge >= 0.3 is 12.6 Å². The van der Waals surface area contributed by atoms with Crippen LogP contribution >= 0.6 is 0 Å². The van der Waals surface area contributed by atoms with Crippen molar-refractivity contribution in [3.05, 3.63) is 29.8 Å². The van der Waals surface area contributed by atoms with Crippen LogP contribution in [0.4, 0.5) is 13.6 Å². The van der Waals surface area contributed by atoms with Crippen molar-refractivity contribution in [1.29, 1.82) is 0 Å². The first kappa shape index (κ1) is 16.4. The normalized spacial score (nSPS) is 20.2. The van der Waals surface area contributed by atoms with Gasteiger partial charge in [0.1, 0.15) is 11.3 Å². The van der Waals surface area contributed by atoms with Gasteiger partial charge in [0.2, 0.25) is 0 Å². The summed E-state index contributed by atoms with van der Waals surface area (Å²) in [6.07, 6.45) is 5.45. The lowest BCUT2D eigenvalue weighted by atomic mass is 9.82. The molecule has 1 spiro atoms. The van der Waals surface area contributed by atoms with Gasteiger partial charge in [0, 0.05) is 0 Å². The van der Waals surface area contributed by atoms with Crippen molar-refractivity contribution in [2.75, 3.05) is 0 Å². The molecular weight excluding hydrogens is 320 g/mol. The standard InChI is InChI=1S/C16H17F2N3O3/c17-14(18)24-12-6-4-11(5-7-12)10-19-21-13(22)16(20-15(21)23)8-2-1-3-9-16/h4-7,10,14H,1-3,8-9H2,(H,20,23). The van der Waals surface area contributed by atoms with Crippen LogP contribution in [-0.4, -0.2) is 35.3 Å². The third-order valence-electron chi connectivity index (χ3n) is 4.27. The van der Waals surface area contributed by atoms with Gasteiger partial charge in [0.15, 0.2) is 0 Å². The maximum absolute atomic E-state index is 12.5. The number of imide groups is 1. The molecule has 1 heterocycles. The lowest BCUT2D eigenvalue weighted by Gasteiger charge is -2.29. The van der Waals surface area contributed by atoms with Crippen LogP contribution in [-0.2, 0) is 4.79 Å². The van der Waals surface area contributed by atoms with Gasteiger partial charge in [-0.2, -0.15) is 13.9 Å². The molecule has 1 saturated carbocycles. The Morgan fingerprint density at radius 1 is 1.17 bits per heavy atom. The van der Waals surface area contributed by atoms with E-state index in [0.717, 1.165) is 24.3 Å². The van der Waals surface area contributed by atoms with Gasteiger partial charge in [0.05, 0.1) is 6.21 Å². The van der Waals surface area contributed by atoms with Gasteiger partial charge < -0.3 is 10.1 Å². The molecule has 0 radical (unpaired) electrons. The largest absolute Gasteiger partial charge is 0.435 e. The quantitative estimate of drug-likeness (QED) is 0.678. The lowest BCUT2D eigenvalue weighted by molar-refractivity contribution is -0.132. The van der Waals surface area contributed by atoms with E-state index in [-0.39, 0.29) is 11.7 Å². The topological polar surface area (TPSA) is 71.0 Å². The van der Waals surface area contributed by atoms with E-state index in [9.17, 15) is 18.4 Å². The number of hydrogen-bond donors (Lipinski definition) is 1. The predicted molar refractivity (Wildman–Crippen MR) is 81.9 cm³/mol. The minimum atomic E-state index is -2.89. The second-order valence-electron chi connectivity index (χ2n) is 5.88. The van der Waals surface area contributed by atoms with E-state index >= 15 is 0 Å². The highest BCUT2D eigenvalue weighted by Crippen LogP contribution is 2.33. The molecule has 0 atom stereocenters. The summed E-state index contributed by atoms with van der Waals surface area (Å²) >= 11 is 0. The smallest absolute Gasteiger partial charge is 0.387 e. The number of benzene rings is 1. The van der Waals surface area contributed by atoms with E-state index in [4.69, 9.17) is 0 Å². The molecule has 24 heavy (non-hydrogen) atoms. The van der Waals surface area contributed by atoms with Crippen LogP contribution in [0, 0.1) is 0 Å². The Hall–Kier alpha value is -2.51. The average molecular weight is 337 g/mol.